The minimum absolute atomic E-state index is 0.111. The quantitative estimate of drug-likeness (QED) is 0.886. The second kappa shape index (κ2) is 5.73. The third-order valence-electron chi connectivity index (χ3n) is 2.87. The van der Waals surface area contributed by atoms with Crippen LogP contribution >= 0.6 is 0 Å². The Kier molecular flexibility index (Phi) is 4.04. The molecular weight excluding hydrogens is 234 g/mol. The maximum atomic E-state index is 11.9. The molecule has 2 rings (SSSR count). The Labute approximate surface area is 106 Å². The van der Waals surface area contributed by atoms with E-state index in [0.717, 1.165) is 12.8 Å². The van der Waals surface area contributed by atoms with Crippen LogP contribution < -0.4 is 14.8 Å². The molecule has 1 atom stereocenters. The molecule has 0 spiro atoms. The van der Waals surface area contributed by atoms with Gasteiger partial charge in [0.15, 0.2) is 11.5 Å². The first-order valence-corrected chi connectivity index (χ1v) is 5.89. The van der Waals surface area contributed by atoms with Gasteiger partial charge in [-0.2, -0.15) is 0 Å². The van der Waals surface area contributed by atoms with Crippen LogP contribution in [0.25, 0.3) is 0 Å². The molecule has 1 N–H and O–H groups in total. The first-order valence-electron chi connectivity index (χ1n) is 5.89. The largest absolute Gasteiger partial charge is 0.493 e. The molecule has 1 heterocycles. The number of nitrogens with one attached hydrogen (secondary N) is 1. The first kappa shape index (κ1) is 12.7. The van der Waals surface area contributed by atoms with Gasteiger partial charge in [0.1, 0.15) is 6.10 Å². The van der Waals surface area contributed by atoms with Gasteiger partial charge in [-0.25, -0.2) is 0 Å². The van der Waals surface area contributed by atoms with Crippen LogP contribution in [0.2, 0.25) is 0 Å². The lowest BCUT2D eigenvalue weighted by molar-refractivity contribution is -0.124. The molecule has 0 unspecified atom stereocenters. The van der Waals surface area contributed by atoms with E-state index in [1.54, 1.807) is 32.4 Å². The topological polar surface area (TPSA) is 56.8 Å². The molecule has 5 heteroatoms. The first-order chi connectivity index (χ1) is 8.74. The van der Waals surface area contributed by atoms with Crippen molar-refractivity contribution in [2.75, 3.05) is 26.1 Å². The van der Waals surface area contributed by atoms with E-state index in [4.69, 9.17) is 14.2 Å². The average Bonchev–Trinajstić information content (AvgIpc) is 2.92. The maximum absolute atomic E-state index is 11.9. The van der Waals surface area contributed by atoms with E-state index in [0.29, 0.717) is 23.8 Å². The molecule has 1 fully saturated rings. The highest BCUT2D eigenvalue weighted by atomic mass is 16.5. The fourth-order valence-corrected chi connectivity index (χ4v) is 1.92. The molecule has 0 radical (unpaired) electrons. The molecule has 0 aliphatic carbocycles. The van der Waals surface area contributed by atoms with Crippen molar-refractivity contribution in [3.63, 3.8) is 0 Å². The highest BCUT2D eigenvalue weighted by Crippen LogP contribution is 2.30. The lowest BCUT2D eigenvalue weighted by Crippen LogP contribution is -2.26. The number of hydrogen-bond acceptors (Lipinski definition) is 4. The number of methoxy groups -OCH3 is 2. The van der Waals surface area contributed by atoms with E-state index < -0.39 is 0 Å². The maximum Gasteiger partial charge on any atom is 0.253 e. The molecule has 1 saturated heterocycles. The fraction of sp³-hybridized carbons (Fsp3) is 0.462. The molecule has 98 valence electrons. The van der Waals surface area contributed by atoms with Gasteiger partial charge in [0, 0.05) is 18.4 Å². The smallest absolute Gasteiger partial charge is 0.253 e. The average molecular weight is 251 g/mol. The van der Waals surface area contributed by atoms with Gasteiger partial charge in [-0.05, 0) is 25.0 Å². The Bertz CT molecular complexity index is 427. The highest BCUT2D eigenvalue weighted by Gasteiger charge is 2.23. The summed E-state index contributed by atoms with van der Waals surface area (Å²) in [5, 5.41) is 2.81. The van der Waals surface area contributed by atoms with Crippen molar-refractivity contribution in [2.45, 2.75) is 18.9 Å². The van der Waals surface area contributed by atoms with Crippen molar-refractivity contribution in [2.24, 2.45) is 0 Å². The summed E-state index contributed by atoms with van der Waals surface area (Å²) in [5.74, 6) is 1.11. The highest BCUT2D eigenvalue weighted by molar-refractivity contribution is 5.94. The molecule has 0 bridgehead atoms. The van der Waals surface area contributed by atoms with Gasteiger partial charge in [0.25, 0.3) is 5.91 Å². The second-order valence-electron chi connectivity index (χ2n) is 4.06. The number of carbonyl (C=O) groups is 1. The third kappa shape index (κ3) is 2.73. The standard InChI is InChI=1S/C13H17NO4/c1-16-10-6-5-9(8-12(10)17-2)14-13(15)11-4-3-7-18-11/h5-6,8,11H,3-4,7H2,1-2H3,(H,14,15)/t11-/m0/s1. The van der Waals surface area contributed by atoms with E-state index in [1.165, 1.54) is 0 Å². The van der Waals surface area contributed by atoms with Crippen molar-refractivity contribution >= 4 is 11.6 Å². The Balaban J connectivity index is 2.06. The number of hydrogen-bond donors (Lipinski definition) is 1. The number of anilines is 1. The van der Waals surface area contributed by atoms with Gasteiger partial charge >= 0.3 is 0 Å². The van der Waals surface area contributed by atoms with Crippen molar-refractivity contribution < 1.29 is 19.0 Å². The lowest BCUT2D eigenvalue weighted by Gasteiger charge is -2.12. The van der Waals surface area contributed by atoms with Gasteiger partial charge in [-0.15, -0.1) is 0 Å². The fourth-order valence-electron chi connectivity index (χ4n) is 1.92. The van der Waals surface area contributed by atoms with Crippen LogP contribution in [0.4, 0.5) is 5.69 Å². The summed E-state index contributed by atoms with van der Waals surface area (Å²) < 4.78 is 15.6. The number of rotatable bonds is 4. The molecular formula is C13H17NO4. The zero-order valence-corrected chi connectivity index (χ0v) is 10.6. The van der Waals surface area contributed by atoms with E-state index in [1.807, 2.05) is 0 Å². The number of carbonyl (C=O) groups excluding carboxylic acids is 1. The van der Waals surface area contributed by atoms with Crippen LogP contribution in [0.5, 0.6) is 11.5 Å². The molecule has 0 aromatic heterocycles. The predicted molar refractivity (Wildman–Crippen MR) is 67.1 cm³/mol. The van der Waals surface area contributed by atoms with Crippen LogP contribution in [-0.2, 0) is 9.53 Å². The summed E-state index contributed by atoms with van der Waals surface area (Å²) in [6, 6.07) is 5.25. The van der Waals surface area contributed by atoms with Crippen LogP contribution in [-0.4, -0.2) is 32.8 Å². The SMILES string of the molecule is COc1ccc(NC(=O)[C@@H]2CCCO2)cc1OC. The summed E-state index contributed by atoms with van der Waals surface area (Å²) in [7, 11) is 3.13. The minimum atomic E-state index is -0.335. The Morgan fingerprint density at radius 1 is 1.33 bits per heavy atom. The van der Waals surface area contributed by atoms with Gasteiger partial charge in [-0.1, -0.05) is 0 Å². The zero-order chi connectivity index (χ0) is 13.0. The van der Waals surface area contributed by atoms with Crippen molar-refractivity contribution in [3.8, 4) is 11.5 Å². The van der Waals surface area contributed by atoms with Crippen LogP contribution in [0.1, 0.15) is 12.8 Å². The van der Waals surface area contributed by atoms with Gasteiger partial charge < -0.3 is 19.5 Å². The number of amides is 1. The van der Waals surface area contributed by atoms with Crippen molar-refractivity contribution in [1.29, 1.82) is 0 Å². The van der Waals surface area contributed by atoms with Crippen LogP contribution in [0.3, 0.4) is 0 Å². The van der Waals surface area contributed by atoms with E-state index >= 15 is 0 Å². The monoisotopic (exact) mass is 251 g/mol. The van der Waals surface area contributed by atoms with E-state index in [9.17, 15) is 4.79 Å². The Morgan fingerprint density at radius 2 is 2.11 bits per heavy atom. The van der Waals surface area contributed by atoms with E-state index in [2.05, 4.69) is 5.32 Å². The molecule has 1 aliphatic heterocycles. The van der Waals surface area contributed by atoms with Crippen molar-refractivity contribution in [1.82, 2.24) is 0 Å². The summed E-state index contributed by atoms with van der Waals surface area (Å²) in [4.78, 5) is 11.9. The molecule has 1 amide bonds. The normalized spacial score (nSPS) is 18.4. The molecule has 5 nitrogen and oxygen atoms in total. The Morgan fingerprint density at radius 3 is 2.72 bits per heavy atom. The molecule has 18 heavy (non-hydrogen) atoms. The molecule has 1 aromatic rings. The van der Waals surface area contributed by atoms with Gasteiger partial charge in [-0.3, -0.25) is 4.79 Å². The lowest BCUT2D eigenvalue weighted by atomic mass is 10.2. The summed E-state index contributed by atoms with van der Waals surface area (Å²) in [6.07, 6.45) is 1.38. The predicted octanol–water partition coefficient (Wildman–Crippen LogP) is 1.82. The van der Waals surface area contributed by atoms with Gasteiger partial charge in [0.2, 0.25) is 0 Å². The zero-order valence-electron chi connectivity index (χ0n) is 10.6. The van der Waals surface area contributed by atoms with Gasteiger partial charge in [0.05, 0.1) is 14.2 Å². The van der Waals surface area contributed by atoms with Crippen LogP contribution in [0.15, 0.2) is 18.2 Å². The number of benzene rings is 1. The molecule has 1 aliphatic rings. The number of ether oxygens (including phenoxy) is 3. The Hall–Kier alpha value is -1.75. The molecule has 1 aromatic carbocycles. The third-order valence-corrected chi connectivity index (χ3v) is 2.87. The summed E-state index contributed by atoms with van der Waals surface area (Å²) in [6.45, 7) is 0.657. The minimum Gasteiger partial charge on any atom is -0.493 e. The van der Waals surface area contributed by atoms with Crippen molar-refractivity contribution in [3.05, 3.63) is 18.2 Å². The molecule has 0 saturated carbocycles. The van der Waals surface area contributed by atoms with Crippen LogP contribution in [0, 0.1) is 0 Å². The second-order valence-corrected chi connectivity index (χ2v) is 4.06. The summed E-state index contributed by atoms with van der Waals surface area (Å²) >= 11 is 0. The summed E-state index contributed by atoms with van der Waals surface area (Å²) in [5.41, 5.74) is 0.674. The van der Waals surface area contributed by atoms with E-state index in [-0.39, 0.29) is 12.0 Å².